The van der Waals surface area contributed by atoms with Crippen molar-refractivity contribution < 1.29 is 4.74 Å². The van der Waals surface area contributed by atoms with Crippen LogP contribution in [0.3, 0.4) is 0 Å². The lowest BCUT2D eigenvalue weighted by molar-refractivity contribution is 0.415. The topological polar surface area (TPSA) is 56.5 Å². The Balaban J connectivity index is 1.88. The van der Waals surface area contributed by atoms with Crippen LogP contribution in [0.25, 0.3) is 22.4 Å². The van der Waals surface area contributed by atoms with Crippen LogP contribution < -0.4 is 14.8 Å². The molecule has 2 heterocycles. The van der Waals surface area contributed by atoms with Gasteiger partial charge in [-0.3, -0.25) is 4.79 Å². The van der Waals surface area contributed by atoms with Crippen molar-refractivity contribution >= 4 is 34.0 Å². The molecule has 5 nitrogen and oxygen atoms in total. The van der Waals surface area contributed by atoms with Crippen LogP contribution in [0.15, 0.2) is 53.3 Å². The molecule has 0 radical (unpaired) electrons. The quantitative estimate of drug-likeness (QED) is 0.557. The molecule has 0 aliphatic rings. The van der Waals surface area contributed by atoms with Crippen LogP contribution >= 0.6 is 22.9 Å². The number of hydrogen-bond acceptors (Lipinski definition) is 5. The van der Waals surface area contributed by atoms with Crippen molar-refractivity contribution in [3.8, 4) is 17.1 Å². The molecule has 0 fully saturated rings. The molecule has 2 aromatic carbocycles. The fourth-order valence-corrected chi connectivity index (χ4v) is 3.66. The van der Waals surface area contributed by atoms with Crippen molar-refractivity contribution in [2.45, 2.75) is 0 Å². The molecule has 7 heteroatoms. The Hall–Kier alpha value is -2.70. The van der Waals surface area contributed by atoms with Gasteiger partial charge in [0.1, 0.15) is 5.75 Å². The second-order valence-electron chi connectivity index (χ2n) is 5.31. The maximum absolute atomic E-state index is 12.8. The lowest BCUT2D eigenvalue weighted by atomic mass is 10.2. The number of thiazole rings is 1. The van der Waals surface area contributed by atoms with Crippen LogP contribution in [-0.4, -0.2) is 21.7 Å². The average Bonchev–Trinajstić information content (AvgIpc) is 3.17. The molecule has 0 saturated carbocycles. The zero-order valence-electron chi connectivity index (χ0n) is 13.1. The Morgan fingerprint density at radius 2 is 1.88 bits per heavy atom. The van der Waals surface area contributed by atoms with E-state index in [2.05, 4.69) is 10.2 Å². The highest BCUT2D eigenvalue weighted by Crippen LogP contribution is 2.25. The normalized spacial score (nSPS) is 12.0. The first-order valence-corrected chi connectivity index (χ1v) is 8.65. The molecule has 0 atom stereocenters. The third-order valence-electron chi connectivity index (χ3n) is 3.78. The van der Waals surface area contributed by atoms with Crippen molar-refractivity contribution in [3.63, 3.8) is 0 Å². The summed E-state index contributed by atoms with van der Waals surface area (Å²) in [4.78, 5) is 13.4. The standard InChI is InChI=1S/C18H12ClN3O2S/c1-24-12-8-6-11(7-9-12)10-15-17(23)22-16(20-21-18(22)25-15)13-4-2-3-5-14(13)19/h2-10H,1H3/b15-10+. The van der Waals surface area contributed by atoms with E-state index >= 15 is 0 Å². The fourth-order valence-electron chi connectivity index (χ4n) is 2.53. The van der Waals surface area contributed by atoms with E-state index in [1.54, 1.807) is 13.2 Å². The summed E-state index contributed by atoms with van der Waals surface area (Å²) in [5.74, 6) is 1.22. The first-order chi connectivity index (χ1) is 12.2. The van der Waals surface area contributed by atoms with E-state index in [-0.39, 0.29) is 5.56 Å². The van der Waals surface area contributed by atoms with Crippen molar-refractivity contribution in [3.05, 3.63) is 74.0 Å². The van der Waals surface area contributed by atoms with Crippen molar-refractivity contribution in [2.24, 2.45) is 0 Å². The van der Waals surface area contributed by atoms with Crippen molar-refractivity contribution in [1.82, 2.24) is 14.6 Å². The molecule has 0 saturated heterocycles. The van der Waals surface area contributed by atoms with E-state index in [1.165, 1.54) is 15.7 Å². The van der Waals surface area contributed by atoms with Gasteiger partial charge in [-0.2, -0.15) is 0 Å². The van der Waals surface area contributed by atoms with Gasteiger partial charge in [0.05, 0.1) is 16.7 Å². The number of fused-ring (bicyclic) bond motifs is 1. The van der Waals surface area contributed by atoms with Gasteiger partial charge < -0.3 is 4.74 Å². The molecule has 0 amide bonds. The van der Waals surface area contributed by atoms with Gasteiger partial charge in [0.2, 0.25) is 4.96 Å². The number of methoxy groups -OCH3 is 1. The van der Waals surface area contributed by atoms with Crippen LogP contribution in [0.1, 0.15) is 5.56 Å². The van der Waals surface area contributed by atoms with Gasteiger partial charge in [-0.15, -0.1) is 10.2 Å². The van der Waals surface area contributed by atoms with Crippen LogP contribution in [0.4, 0.5) is 0 Å². The number of benzene rings is 2. The molecular formula is C18H12ClN3O2S. The first kappa shape index (κ1) is 15.8. The molecule has 0 unspecified atom stereocenters. The number of aromatic nitrogens is 3. The third-order valence-corrected chi connectivity index (χ3v) is 5.07. The molecule has 4 aromatic rings. The minimum atomic E-state index is -0.157. The molecule has 2 aromatic heterocycles. The van der Waals surface area contributed by atoms with Gasteiger partial charge in [-0.05, 0) is 35.9 Å². The van der Waals surface area contributed by atoms with Gasteiger partial charge in [-0.25, -0.2) is 4.40 Å². The number of nitrogens with zero attached hydrogens (tertiary/aromatic N) is 3. The maximum atomic E-state index is 12.8. The first-order valence-electron chi connectivity index (χ1n) is 7.46. The Morgan fingerprint density at radius 1 is 1.12 bits per heavy atom. The Bertz CT molecular complexity index is 1170. The largest absolute Gasteiger partial charge is 0.497 e. The summed E-state index contributed by atoms with van der Waals surface area (Å²) >= 11 is 7.53. The highest BCUT2D eigenvalue weighted by molar-refractivity contribution is 7.15. The SMILES string of the molecule is COc1ccc(/C=c2/sc3nnc(-c4ccccc4Cl)n3c2=O)cc1. The minimum Gasteiger partial charge on any atom is -0.497 e. The summed E-state index contributed by atoms with van der Waals surface area (Å²) in [7, 11) is 1.62. The van der Waals surface area contributed by atoms with Crippen LogP contribution in [0.2, 0.25) is 5.02 Å². The lowest BCUT2D eigenvalue weighted by Crippen LogP contribution is -2.23. The van der Waals surface area contributed by atoms with Crippen LogP contribution in [-0.2, 0) is 0 Å². The smallest absolute Gasteiger partial charge is 0.276 e. The molecule has 4 rings (SSSR count). The molecule has 0 spiro atoms. The summed E-state index contributed by atoms with van der Waals surface area (Å²) in [6.45, 7) is 0. The Morgan fingerprint density at radius 3 is 2.60 bits per heavy atom. The lowest BCUT2D eigenvalue weighted by Gasteiger charge is -1.99. The minimum absolute atomic E-state index is 0.157. The summed E-state index contributed by atoms with van der Waals surface area (Å²) < 4.78 is 7.23. The molecule has 124 valence electrons. The molecular weight excluding hydrogens is 358 g/mol. The predicted molar refractivity (Wildman–Crippen MR) is 99.4 cm³/mol. The van der Waals surface area contributed by atoms with E-state index < -0.39 is 0 Å². The Kier molecular flexibility index (Phi) is 3.99. The third kappa shape index (κ3) is 2.79. The monoisotopic (exact) mass is 369 g/mol. The molecule has 0 N–H and O–H groups in total. The van der Waals surface area contributed by atoms with Gasteiger partial charge in [0.25, 0.3) is 5.56 Å². The van der Waals surface area contributed by atoms with Crippen LogP contribution in [0.5, 0.6) is 5.75 Å². The van der Waals surface area contributed by atoms with E-state index in [4.69, 9.17) is 16.3 Å². The van der Waals surface area contributed by atoms with Gasteiger partial charge >= 0.3 is 0 Å². The van der Waals surface area contributed by atoms with Crippen molar-refractivity contribution in [2.75, 3.05) is 7.11 Å². The van der Waals surface area contributed by atoms with Gasteiger partial charge in [-0.1, -0.05) is 47.2 Å². The second kappa shape index (κ2) is 6.31. The van der Waals surface area contributed by atoms with Gasteiger partial charge in [0.15, 0.2) is 5.82 Å². The zero-order valence-corrected chi connectivity index (χ0v) is 14.7. The van der Waals surface area contributed by atoms with E-state index in [0.29, 0.717) is 25.9 Å². The van der Waals surface area contributed by atoms with E-state index in [0.717, 1.165) is 11.3 Å². The maximum Gasteiger partial charge on any atom is 0.276 e. The van der Waals surface area contributed by atoms with E-state index in [9.17, 15) is 4.79 Å². The number of rotatable bonds is 3. The molecule has 0 bridgehead atoms. The fraction of sp³-hybridized carbons (Fsp3) is 0.0556. The second-order valence-corrected chi connectivity index (χ2v) is 6.73. The molecule has 0 aliphatic carbocycles. The Labute approximate surface area is 151 Å². The average molecular weight is 370 g/mol. The number of ether oxygens (including phenoxy) is 1. The van der Waals surface area contributed by atoms with Crippen molar-refractivity contribution in [1.29, 1.82) is 0 Å². The predicted octanol–water partition coefficient (Wildman–Crippen LogP) is 3.03. The van der Waals surface area contributed by atoms with Gasteiger partial charge in [0, 0.05) is 5.56 Å². The highest BCUT2D eigenvalue weighted by atomic mass is 35.5. The highest BCUT2D eigenvalue weighted by Gasteiger charge is 2.15. The number of halogens is 1. The molecule has 0 aliphatic heterocycles. The zero-order chi connectivity index (χ0) is 17.4. The summed E-state index contributed by atoms with van der Waals surface area (Å²) in [6.07, 6.45) is 1.83. The van der Waals surface area contributed by atoms with Crippen LogP contribution in [0, 0.1) is 0 Å². The summed E-state index contributed by atoms with van der Waals surface area (Å²) in [5, 5.41) is 8.78. The summed E-state index contributed by atoms with van der Waals surface area (Å²) in [5.41, 5.74) is 1.44. The summed E-state index contributed by atoms with van der Waals surface area (Å²) in [6, 6.07) is 14.8. The molecule has 25 heavy (non-hydrogen) atoms. The van der Waals surface area contributed by atoms with E-state index in [1.807, 2.05) is 48.5 Å². The number of hydrogen-bond donors (Lipinski definition) is 0.